The van der Waals surface area contributed by atoms with Crippen LogP contribution in [0.4, 0.5) is 0 Å². The monoisotopic (exact) mass is 362 g/mol. The Morgan fingerprint density at radius 3 is 2.68 bits per heavy atom. The van der Waals surface area contributed by atoms with Crippen LogP contribution in [-0.4, -0.2) is 36.3 Å². The molecule has 6 heteroatoms. The lowest BCUT2D eigenvalue weighted by atomic mass is 9.95. The van der Waals surface area contributed by atoms with Crippen molar-refractivity contribution in [2.45, 2.75) is 33.1 Å². The summed E-state index contributed by atoms with van der Waals surface area (Å²) in [6.45, 7) is 5.74. The van der Waals surface area contributed by atoms with Gasteiger partial charge in [-0.25, -0.2) is 0 Å². The Morgan fingerprint density at radius 1 is 1.32 bits per heavy atom. The Balaban J connectivity index is 1.70. The van der Waals surface area contributed by atoms with Crippen LogP contribution in [0.15, 0.2) is 22.6 Å². The summed E-state index contributed by atoms with van der Waals surface area (Å²) in [6.07, 6.45) is 2.29. The van der Waals surface area contributed by atoms with Crippen molar-refractivity contribution in [2.24, 2.45) is 5.92 Å². The van der Waals surface area contributed by atoms with Crippen molar-refractivity contribution < 1.29 is 14.0 Å². The van der Waals surface area contributed by atoms with Crippen molar-refractivity contribution in [2.75, 3.05) is 19.6 Å². The van der Waals surface area contributed by atoms with Crippen molar-refractivity contribution >= 4 is 34.4 Å². The third kappa shape index (κ3) is 3.52. The number of likely N-dealkylation sites (tertiary alicyclic amines) is 1. The minimum atomic E-state index is -0.128. The highest BCUT2D eigenvalue weighted by Crippen LogP contribution is 2.32. The van der Waals surface area contributed by atoms with Gasteiger partial charge in [0.1, 0.15) is 0 Å². The molecule has 2 amide bonds. The zero-order chi connectivity index (χ0) is 18.0. The van der Waals surface area contributed by atoms with Crippen molar-refractivity contribution in [3.05, 3.63) is 34.5 Å². The van der Waals surface area contributed by atoms with Gasteiger partial charge in [0.05, 0.1) is 5.02 Å². The Morgan fingerprint density at radius 2 is 2.04 bits per heavy atom. The number of hydrogen-bond donors (Lipinski definition) is 1. The maximum Gasteiger partial charge on any atom is 0.289 e. The van der Waals surface area contributed by atoms with E-state index in [1.807, 2.05) is 26.0 Å². The smallest absolute Gasteiger partial charge is 0.289 e. The van der Waals surface area contributed by atoms with Crippen LogP contribution in [0.2, 0.25) is 5.02 Å². The number of para-hydroxylation sites is 1. The molecule has 25 heavy (non-hydrogen) atoms. The summed E-state index contributed by atoms with van der Waals surface area (Å²) in [6, 6.07) is 5.50. The van der Waals surface area contributed by atoms with Gasteiger partial charge in [-0.1, -0.05) is 30.7 Å². The first kappa shape index (κ1) is 17.8. The Hall–Kier alpha value is -2.01. The number of halogens is 1. The number of aryl methyl sites for hydroxylation is 1. The molecule has 134 valence electrons. The fraction of sp³-hybridized carbons (Fsp3) is 0.474. The number of fused-ring (bicyclic) bond motifs is 1. The molecule has 0 unspecified atom stereocenters. The molecular weight excluding hydrogens is 340 g/mol. The second-order valence-corrected chi connectivity index (χ2v) is 6.94. The van der Waals surface area contributed by atoms with E-state index in [4.69, 9.17) is 16.0 Å². The zero-order valence-electron chi connectivity index (χ0n) is 14.6. The maximum absolute atomic E-state index is 12.8. The molecule has 1 aliphatic heterocycles. The third-order valence-corrected chi connectivity index (χ3v) is 5.11. The summed E-state index contributed by atoms with van der Waals surface area (Å²) >= 11 is 6.17. The lowest BCUT2D eigenvalue weighted by Crippen LogP contribution is -2.43. The van der Waals surface area contributed by atoms with E-state index in [1.165, 1.54) is 0 Å². The highest BCUT2D eigenvalue weighted by Gasteiger charge is 2.30. The van der Waals surface area contributed by atoms with Crippen LogP contribution in [0.1, 0.15) is 42.3 Å². The molecule has 0 spiro atoms. The molecule has 0 radical (unpaired) electrons. The lowest BCUT2D eigenvalue weighted by Gasteiger charge is -2.30. The highest BCUT2D eigenvalue weighted by molar-refractivity contribution is 6.35. The first-order chi connectivity index (χ1) is 12.0. The summed E-state index contributed by atoms with van der Waals surface area (Å²) in [4.78, 5) is 26.7. The van der Waals surface area contributed by atoms with Crippen molar-refractivity contribution in [1.82, 2.24) is 10.2 Å². The minimum absolute atomic E-state index is 0.0122. The Kier molecular flexibility index (Phi) is 5.33. The third-order valence-electron chi connectivity index (χ3n) is 4.81. The van der Waals surface area contributed by atoms with Crippen molar-refractivity contribution in [3.8, 4) is 0 Å². The number of carbonyl (C=O) groups excluding carboxylic acids is 2. The molecule has 1 aromatic heterocycles. The zero-order valence-corrected chi connectivity index (χ0v) is 15.4. The highest BCUT2D eigenvalue weighted by atomic mass is 35.5. The van der Waals surface area contributed by atoms with Gasteiger partial charge in [-0.15, -0.1) is 0 Å². The molecule has 0 atom stereocenters. The quantitative estimate of drug-likeness (QED) is 0.900. The van der Waals surface area contributed by atoms with E-state index in [9.17, 15) is 9.59 Å². The van der Waals surface area contributed by atoms with Gasteiger partial charge < -0.3 is 14.6 Å². The van der Waals surface area contributed by atoms with Crippen LogP contribution >= 0.6 is 11.6 Å². The van der Waals surface area contributed by atoms with Crippen LogP contribution in [0, 0.1) is 12.8 Å². The van der Waals surface area contributed by atoms with Gasteiger partial charge in [0, 0.05) is 36.5 Å². The molecule has 1 fully saturated rings. The number of hydrogen-bond acceptors (Lipinski definition) is 3. The standard InChI is InChI=1S/C19H23ClN2O3/c1-3-9-21-18(23)13-7-10-22(11-8-13)19(24)16-12(2)14-5-4-6-15(20)17(14)25-16/h4-6,13H,3,7-11H2,1-2H3,(H,21,23). The number of furan rings is 1. The van der Waals surface area contributed by atoms with E-state index >= 15 is 0 Å². The number of rotatable bonds is 4. The number of carbonyl (C=O) groups is 2. The van der Waals surface area contributed by atoms with E-state index in [0.717, 1.165) is 17.4 Å². The SMILES string of the molecule is CCCNC(=O)C1CCN(C(=O)c2oc3c(Cl)cccc3c2C)CC1. The van der Waals surface area contributed by atoms with E-state index in [0.29, 0.717) is 48.8 Å². The molecule has 3 rings (SSSR count). The van der Waals surface area contributed by atoms with Gasteiger partial charge >= 0.3 is 0 Å². The topological polar surface area (TPSA) is 62.6 Å². The molecule has 0 bridgehead atoms. The Labute approximate surface area is 152 Å². The Bertz CT molecular complexity index is 791. The molecule has 0 saturated carbocycles. The van der Waals surface area contributed by atoms with Crippen molar-refractivity contribution in [1.29, 1.82) is 0 Å². The first-order valence-corrected chi connectivity index (χ1v) is 9.15. The summed E-state index contributed by atoms with van der Waals surface area (Å²) in [5.41, 5.74) is 1.36. The number of nitrogens with zero attached hydrogens (tertiary/aromatic N) is 1. The second-order valence-electron chi connectivity index (χ2n) is 6.53. The molecular formula is C19H23ClN2O3. The van der Waals surface area contributed by atoms with Crippen LogP contribution in [0.5, 0.6) is 0 Å². The normalized spacial score (nSPS) is 15.6. The van der Waals surface area contributed by atoms with E-state index in [1.54, 1.807) is 11.0 Å². The summed E-state index contributed by atoms with van der Waals surface area (Å²) < 4.78 is 5.77. The molecule has 5 nitrogen and oxygen atoms in total. The van der Waals surface area contributed by atoms with E-state index < -0.39 is 0 Å². The van der Waals surface area contributed by atoms with Crippen LogP contribution < -0.4 is 5.32 Å². The van der Waals surface area contributed by atoms with Gasteiger partial charge in [0.2, 0.25) is 5.91 Å². The van der Waals surface area contributed by atoms with Gasteiger partial charge in [0.15, 0.2) is 11.3 Å². The molecule has 0 aliphatic carbocycles. The molecule has 1 aromatic carbocycles. The van der Waals surface area contributed by atoms with Gasteiger partial charge in [-0.3, -0.25) is 9.59 Å². The average Bonchev–Trinajstić information content (AvgIpc) is 2.97. The second kappa shape index (κ2) is 7.48. The van der Waals surface area contributed by atoms with Gasteiger partial charge in [-0.2, -0.15) is 0 Å². The fourth-order valence-electron chi connectivity index (χ4n) is 3.29. The number of nitrogens with one attached hydrogen (secondary N) is 1. The molecule has 1 saturated heterocycles. The van der Waals surface area contributed by atoms with E-state index in [-0.39, 0.29) is 17.7 Å². The molecule has 2 heterocycles. The van der Waals surface area contributed by atoms with Crippen LogP contribution in [0.3, 0.4) is 0 Å². The predicted octanol–water partition coefficient (Wildman–Crippen LogP) is 3.77. The van der Waals surface area contributed by atoms with Crippen molar-refractivity contribution in [3.63, 3.8) is 0 Å². The van der Waals surface area contributed by atoms with E-state index in [2.05, 4.69) is 5.32 Å². The summed E-state index contributed by atoms with van der Waals surface area (Å²) in [5, 5.41) is 4.31. The van der Waals surface area contributed by atoms with Crippen LogP contribution in [-0.2, 0) is 4.79 Å². The largest absolute Gasteiger partial charge is 0.449 e. The predicted molar refractivity (Wildman–Crippen MR) is 97.9 cm³/mol. The fourth-order valence-corrected chi connectivity index (χ4v) is 3.51. The molecule has 1 N–H and O–H groups in total. The van der Waals surface area contributed by atoms with Crippen LogP contribution in [0.25, 0.3) is 11.0 Å². The molecule has 2 aromatic rings. The first-order valence-electron chi connectivity index (χ1n) is 8.77. The summed E-state index contributed by atoms with van der Waals surface area (Å²) in [5.74, 6) is 0.302. The lowest BCUT2D eigenvalue weighted by molar-refractivity contribution is -0.126. The number of benzene rings is 1. The average molecular weight is 363 g/mol. The van der Waals surface area contributed by atoms with Gasteiger partial charge in [-0.05, 0) is 32.3 Å². The van der Waals surface area contributed by atoms with Gasteiger partial charge in [0.25, 0.3) is 5.91 Å². The number of amides is 2. The minimum Gasteiger partial charge on any atom is -0.449 e. The maximum atomic E-state index is 12.8. The summed E-state index contributed by atoms with van der Waals surface area (Å²) in [7, 11) is 0. The molecule has 1 aliphatic rings. The number of piperidine rings is 1.